The van der Waals surface area contributed by atoms with Crippen LogP contribution in [0.3, 0.4) is 0 Å². The molecule has 14 heavy (non-hydrogen) atoms. The fraction of sp³-hybridized carbons (Fsp3) is 0.900. The van der Waals surface area contributed by atoms with Crippen molar-refractivity contribution < 1.29 is 15.0 Å². The number of nitrogens with one attached hydrogen (secondary N) is 1. The second kappa shape index (κ2) is 5.32. The van der Waals surface area contributed by atoms with E-state index in [-0.39, 0.29) is 18.6 Å². The minimum atomic E-state index is -0.839. The zero-order valence-electron chi connectivity index (χ0n) is 8.46. The Morgan fingerprint density at radius 3 is 2.43 bits per heavy atom. The Balaban J connectivity index is 2.32. The molecule has 0 atom stereocenters. The van der Waals surface area contributed by atoms with E-state index in [1.165, 1.54) is 6.42 Å². The second-order valence-electron chi connectivity index (χ2n) is 4.22. The molecule has 4 heteroatoms. The lowest BCUT2D eigenvalue weighted by molar-refractivity contribution is -0.136. The average molecular weight is 201 g/mol. The van der Waals surface area contributed by atoms with Gasteiger partial charge in [-0.25, -0.2) is 0 Å². The van der Waals surface area contributed by atoms with Gasteiger partial charge in [0, 0.05) is 18.6 Å². The smallest absolute Gasteiger partial charge is 0.317 e. The molecular formula is C10H19NO3. The van der Waals surface area contributed by atoms with Crippen LogP contribution in [0, 0.1) is 5.41 Å². The maximum atomic E-state index is 10.3. The van der Waals surface area contributed by atoms with Gasteiger partial charge in [-0.2, -0.15) is 0 Å². The molecule has 0 aromatic carbocycles. The van der Waals surface area contributed by atoms with Crippen LogP contribution in [0.4, 0.5) is 0 Å². The van der Waals surface area contributed by atoms with Crippen LogP contribution in [0.2, 0.25) is 0 Å². The summed E-state index contributed by atoms with van der Waals surface area (Å²) in [6.07, 6.45) is 5.55. The van der Waals surface area contributed by atoms with Crippen LogP contribution in [0.1, 0.15) is 32.1 Å². The minimum Gasteiger partial charge on any atom is -0.480 e. The molecule has 3 N–H and O–H groups in total. The highest BCUT2D eigenvalue weighted by molar-refractivity contribution is 5.68. The molecule has 0 spiro atoms. The van der Waals surface area contributed by atoms with Crippen molar-refractivity contribution in [3.63, 3.8) is 0 Å². The van der Waals surface area contributed by atoms with E-state index >= 15 is 0 Å². The van der Waals surface area contributed by atoms with Crippen molar-refractivity contribution in [2.24, 2.45) is 5.41 Å². The van der Waals surface area contributed by atoms with E-state index in [0.717, 1.165) is 25.7 Å². The van der Waals surface area contributed by atoms with Crippen LogP contribution in [-0.2, 0) is 4.79 Å². The summed E-state index contributed by atoms with van der Waals surface area (Å²) in [5.74, 6) is -0.839. The zero-order valence-corrected chi connectivity index (χ0v) is 8.46. The summed E-state index contributed by atoms with van der Waals surface area (Å²) in [5, 5.41) is 20.7. The Morgan fingerprint density at radius 1 is 1.29 bits per heavy atom. The van der Waals surface area contributed by atoms with E-state index < -0.39 is 5.97 Å². The van der Waals surface area contributed by atoms with Crippen molar-refractivity contribution in [1.29, 1.82) is 0 Å². The third kappa shape index (κ3) is 3.27. The summed E-state index contributed by atoms with van der Waals surface area (Å²) in [7, 11) is 0. The number of hydrogen-bond acceptors (Lipinski definition) is 3. The molecule has 0 aromatic heterocycles. The topological polar surface area (TPSA) is 69.6 Å². The third-order valence-corrected chi connectivity index (χ3v) is 3.03. The molecule has 1 fully saturated rings. The molecular weight excluding hydrogens is 182 g/mol. The fourth-order valence-electron chi connectivity index (χ4n) is 2.13. The summed E-state index contributed by atoms with van der Waals surface area (Å²) in [5.41, 5.74) is -0.0618. The number of carbonyl (C=O) groups is 1. The molecule has 0 amide bonds. The highest BCUT2D eigenvalue weighted by Crippen LogP contribution is 2.34. The minimum absolute atomic E-state index is 0.0122. The SMILES string of the molecule is O=C(O)CNCC1(CO)CCCCC1. The highest BCUT2D eigenvalue weighted by atomic mass is 16.4. The lowest BCUT2D eigenvalue weighted by Gasteiger charge is -2.35. The molecule has 1 aliphatic carbocycles. The van der Waals surface area contributed by atoms with E-state index in [2.05, 4.69) is 5.32 Å². The number of rotatable bonds is 5. The number of hydrogen-bond donors (Lipinski definition) is 3. The summed E-state index contributed by atoms with van der Waals surface area (Å²) >= 11 is 0. The van der Waals surface area contributed by atoms with Crippen molar-refractivity contribution >= 4 is 5.97 Å². The van der Waals surface area contributed by atoms with Crippen LogP contribution >= 0.6 is 0 Å². The maximum absolute atomic E-state index is 10.3. The zero-order chi connectivity index (χ0) is 10.4. The highest BCUT2D eigenvalue weighted by Gasteiger charge is 2.30. The maximum Gasteiger partial charge on any atom is 0.317 e. The molecule has 0 radical (unpaired) electrons. The van der Waals surface area contributed by atoms with Crippen molar-refractivity contribution in [3.8, 4) is 0 Å². The number of carboxylic acid groups (broad SMARTS) is 1. The van der Waals surface area contributed by atoms with Crippen LogP contribution in [0.15, 0.2) is 0 Å². The standard InChI is InChI=1S/C10H19NO3/c12-8-10(4-2-1-3-5-10)7-11-6-9(13)14/h11-12H,1-8H2,(H,13,14). The van der Waals surface area contributed by atoms with Gasteiger partial charge in [-0.15, -0.1) is 0 Å². The van der Waals surface area contributed by atoms with E-state index in [9.17, 15) is 9.90 Å². The summed E-state index contributed by atoms with van der Waals surface area (Å²) in [4.78, 5) is 10.3. The first-order chi connectivity index (χ1) is 6.68. The number of aliphatic hydroxyl groups is 1. The van der Waals surface area contributed by atoms with Crippen LogP contribution in [-0.4, -0.2) is 35.9 Å². The van der Waals surface area contributed by atoms with Gasteiger partial charge < -0.3 is 15.5 Å². The molecule has 0 bridgehead atoms. The largest absolute Gasteiger partial charge is 0.480 e. The summed E-state index contributed by atoms with van der Waals surface area (Å²) in [6, 6.07) is 0. The third-order valence-electron chi connectivity index (χ3n) is 3.03. The fourth-order valence-corrected chi connectivity index (χ4v) is 2.13. The second-order valence-corrected chi connectivity index (χ2v) is 4.22. The number of aliphatic carboxylic acids is 1. The quantitative estimate of drug-likeness (QED) is 0.609. The van der Waals surface area contributed by atoms with E-state index in [1.807, 2.05) is 0 Å². The molecule has 0 saturated heterocycles. The first-order valence-corrected chi connectivity index (χ1v) is 5.22. The number of aliphatic hydroxyl groups excluding tert-OH is 1. The summed E-state index contributed by atoms with van der Waals surface area (Å²) in [6.45, 7) is 0.775. The number of carboxylic acids is 1. The Bertz CT molecular complexity index is 188. The first kappa shape index (κ1) is 11.5. The van der Waals surface area contributed by atoms with Crippen molar-refractivity contribution in [1.82, 2.24) is 5.32 Å². The molecule has 1 saturated carbocycles. The van der Waals surface area contributed by atoms with Gasteiger partial charge in [0.25, 0.3) is 0 Å². The Labute approximate surface area is 84.3 Å². The average Bonchev–Trinajstić information content (AvgIpc) is 2.19. The first-order valence-electron chi connectivity index (χ1n) is 5.22. The van der Waals surface area contributed by atoms with Gasteiger partial charge in [0.1, 0.15) is 0 Å². The Kier molecular flexibility index (Phi) is 4.35. The van der Waals surface area contributed by atoms with Crippen LogP contribution in [0.25, 0.3) is 0 Å². The van der Waals surface area contributed by atoms with Gasteiger partial charge in [-0.1, -0.05) is 19.3 Å². The van der Waals surface area contributed by atoms with Gasteiger partial charge in [-0.05, 0) is 12.8 Å². The van der Waals surface area contributed by atoms with Gasteiger partial charge in [0.15, 0.2) is 0 Å². The van der Waals surface area contributed by atoms with E-state index in [4.69, 9.17) is 5.11 Å². The van der Waals surface area contributed by atoms with E-state index in [0.29, 0.717) is 6.54 Å². The molecule has 1 aliphatic rings. The summed E-state index contributed by atoms with van der Waals surface area (Å²) < 4.78 is 0. The van der Waals surface area contributed by atoms with Crippen LogP contribution in [0.5, 0.6) is 0 Å². The van der Waals surface area contributed by atoms with Gasteiger partial charge in [0.2, 0.25) is 0 Å². The van der Waals surface area contributed by atoms with Crippen LogP contribution < -0.4 is 5.32 Å². The molecule has 0 heterocycles. The molecule has 82 valence electrons. The monoisotopic (exact) mass is 201 g/mol. The predicted molar refractivity (Wildman–Crippen MR) is 53.1 cm³/mol. The van der Waals surface area contributed by atoms with E-state index in [1.54, 1.807) is 0 Å². The lowest BCUT2D eigenvalue weighted by Crippen LogP contribution is -2.40. The predicted octanol–water partition coefficient (Wildman–Crippen LogP) is 0.603. The van der Waals surface area contributed by atoms with Crippen molar-refractivity contribution in [2.75, 3.05) is 19.7 Å². The molecule has 0 aromatic rings. The van der Waals surface area contributed by atoms with Gasteiger partial charge >= 0.3 is 5.97 Å². The molecule has 1 rings (SSSR count). The van der Waals surface area contributed by atoms with Crippen molar-refractivity contribution in [3.05, 3.63) is 0 Å². The Morgan fingerprint density at radius 2 is 1.93 bits per heavy atom. The normalized spacial score (nSPS) is 20.6. The molecule has 0 unspecified atom stereocenters. The molecule has 0 aliphatic heterocycles. The van der Waals surface area contributed by atoms with Crippen molar-refractivity contribution in [2.45, 2.75) is 32.1 Å². The van der Waals surface area contributed by atoms with Gasteiger partial charge in [-0.3, -0.25) is 4.79 Å². The lowest BCUT2D eigenvalue weighted by atomic mass is 9.74. The Hall–Kier alpha value is -0.610. The molecule has 4 nitrogen and oxygen atoms in total. The van der Waals surface area contributed by atoms with Gasteiger partial charge in [0.05, 0.1) is 6.54 Å².